The smallest absolute Gasteiger partial charge is 0.240 e. The maximum Gasteiger partial charge on any atom is 0.240 e. The normalized spacial score (nSPS) is 17.3. The molecular weight excluding hydrogens is 294 g/mol. The standard InChI is InChI=1S/C19H22F2N2/c20-19(21)14-18(23-12-10-22-11-13-23)17-8-6-16(7-9-17)15-4-2-1-3-5-15/h1-9,18-19,22H,10-14H2/t18-/m1/s1. The van der Waals surface area contributed by atoms with Crippen LogP contribution in [0.3, 0.4) is 0 Å². The molecule has 0 radical (unpaired) electrons. The Kier molecular flexibility index (Phi) is 5.36. The van der Waals surface area contributed by atoms with Crippen molar-refractivity contribution in [2.75, 3.05) is 26.2 Å². The lowest BCUT2D eigenvalue weighted by atomic mass is 9.97. The van der Waals surface area contributed by atoms with E-state index in [0.717, 1.165) is 42.9 Å². The largest absolute Gasteiger partial charge is 0.314 e. The van der Waals surface area contributed by atoms with Crippen LogP contribution in [0.25, 0.3) is 11.1 Å². The van der Waals surface area contributed by atoms with Gasteiger partial charge in [0.1, 0.15) is 0 Å². The Labute approximate surface area is 136 Å². The maximum atomic E-state index is 13.0. The first-order valence-corrected chi connectivity index (χ1v) is 8.12. The van der Waals surface area contributed by atoms with Crippen LogP contribution >= 0.6 is 0 Å². The maximum absolute atomic E-state index is 13.0. The molecule has 1 aliphatic rings. The van der Waals surface area contributed by atoms with Crippen molar-refractivity contribution in [3.05, 3.63) is 60.2 Å². The third-order valence-electron chi connectivity index (χ3n) is 4.40. The minimum atomic E-state index is -2.29. The van der Waals surface area contributed by atoms with Crippen molar-refractivity contribution in [1.29, 1.82) is 0 Å². The first-order valence-electron chi connectivity index (χ1n) is 8.12. The van der Waals surface area contributed by atoms with Crippen molar-refractivity contribution in [1.82, 2.24) is 10.2 Å². The Bertz CT molecular complexity index is 593. The molecule has 1 atom stereocenters. The van der Waals surface area contributed by atoms with Gasteiger partial charge in [0, 0.05) is 38.6 Å². The highest BCUT2D eigenvalue weighted by Gasteiger charge is 2.25. The van der Waals surface area contributed by atoms with Gasteiger partial charge < -0.3 is 5.32 Å². The molecule has 0 saturated carbocycles. The van der Waals surface area contributed by atoms with Crippen LogP contribution in [0, 0.1) is 0 Å². The van der Waals surface area contributed by atoms with Gasteiger partial charge >= 0.3 is 0 Å². The summed E-state index contributed by atoms with van der Waals surface area (Å²) in [7, 11) is 0. The van der Waals surface area contributed by atoms with Gasteiger partial charge in [-0.2, -0.15) is 0 Å². The van der Waals surface area contributed by atoms with Gasteiger partial charge in [-0.25, -0.2) is 8.78 Å². The number of rotatable bonds is 5. The number of hydrogen-bond donors (Lipinski definition) is 1. The van der Waals surface area contributed by atoms with E-state index in [1.165, 1.54) is 0 Å². The number of halogens is 2. The Morgan fingerprint density at radius 2 is 1.48 bits per heavy atom. The van der Waals surface area contributed by atoms with E-state index in [9.17, 15) is 8.78 Å². The van der Waals surface area contributed by atoms with Crippen molar-refractivity contribution in [2.45, 2.75) is 18.9 Å². The summed E-state index contributed by atoms with van der Waals surface area (Å²) in [5.74, 6) is 0. The van der Waals surface area contributed by atoms with E-state index in [4.69, 9.17) is 0 Å². The van der Waals surface area contributed by atoms with E-state index in [-0.39, 0.29) is 12.5 Å². The van der Waals surface area contributed by atoms with Gasteiger partial charge in [-0.1, -0.05) is 54.6 Å². The molecule has 122 valence electrons. The summed E-state index contributed by atoms with van der Waals surface area (Å²) in [5.41, 5.74) is 3.24. The number of alkyl halides is 2. The van der Waals surface area contributed by atoms with Gasteiger partial charge in [-0.05, 0) is 16.7 Å². The van der Waals surface area contributed by atoms with E-state index in [1.807, 2.05) is 42.5 Å². The molecule has 2 nitrogen and oxygen atoms in total. The van der Waals surface area contributed by atoms with Crippen molar-refractivity contribution >= 4 is 0 Å². The number of benzene rings is 2. The Balaban J connectivity index is 1.81. The highest BCUT2D eigenvalue weighted by atomic mass is 19.3. The summed E-state index contributed by atoms with van der Waals surface area (Å²) in [6.45, 7) is 3.36. The van der Waals surface area contributed by atoms with Crippen molar-refractivity contribution in [3.63, 3.8) is 0 Å². The SMILES string of the molecule is FC(F)C[C@H](c1ccc(-c2ccccc2)cc1)N1CCNCC1. The third kappa shape index (κ3) is 4.15. The van der Waals surface area contributed by atoms with Gasteiger partial charge in [-0.3, -0.25) is 4.90 Å². The molecule has 0 amide bonds. The Morgan fingerprint density at radius 3 is 2.09 bits per heavy atom. The van der Waals surface area contributed by atoms with Crippen LogP contribution in [0.4, 0.5) is 8.78 Å². The van der Waals surface area contributed by atoms with Crippen molar-refractivity contribution in [3.8, 4) is 11.1 Å². The molecular formula is C19H22F2N2. The number of nitrogens with zero attached hydrogens (tertiary/aromatic N) is 1. The summed E-state index contributed by atoms with van der Waals surface area (Å²) in [5, 5.41) is 3.28. The Hall–Kier alpha value is -1.78. The number of piperazine rings is 1. The van der Waals surface area contributed by atoms with Crippen LogP contribution in [-0.4, -0.2) is 37.5 Å². The predicted octanol–water partition coefficient (Wildman–Crippen LogP) is 3.96. The summed E-state index contributed by atoms with van der Waals surface area (Å²) < 4.78 is 26.1. The monoisotopic (exact) mass is 316 g/mol. The van der Waals surface area contributed by atoms with E-state index in [1.54, 1.807) is 0 Å². The van der Waals surface area contributed by atoms with Gasteiger partial charge in [0.05, 0.1) is 0 Å². The summed E-state index contributed by atoms with van der Waals surface area (Å²) in [6.07, 6.45) is -2.39. The van der Waals surface area contributed by atoms with Gasteiger partial charge in [0.15, 0.2) is 0 Å². The summed E-state index contributed by atoms with van der Waals surface area (Å²) in [6, 6.07) is 18.0. The molecule has 0 aliphatic carbocycles. The second kappa shape index (κ2) is 7.66. The van der Waals surface area contributed by atoms with Gasteiger partial charge in [0.25, 0.3) is 0 Å². The third-order valence-corrected chi connectivity index (χ3v) is 4.40. The molecule has 2 aromatic rings. The molecule has 1 saturated heterocycles. The molecule has 2 aromatic carbocycles. The van der Waals surface area contributed by atoms with Crippen LogP contribution < -0.4 is 5.32 Å². The average Bonchev–Trinajstić information content (AvgIpc) is 2.61. The number of hydrogen-bond acceptors (Lipinski definition) is 2. The van der Waals surface area contributed by atoms with Crippen molar-refractivity contribution in [2.24, 2.45) is 0 Å². The minimum absolute atomic E-state index is 0.106. The zero-order chi connectivity index (χ0) is 16.1. The highest BCUT2D eigenvalue weighted by molar-refractivity contribution is 5.63. The lowest BCUT2D eigenvalue weighted by molar-refractivity contribution is 0.0739. The average molecular weight is 316 g/mol. The van der Waals surface area contributed by atoms with E-state index >= 15 is 0 Å². The van der Waals surface area contributed by atoms with Crippen molar-refractivity contribution < 1.29 is 8.78 Å². The first kappa shape index (κ1) is 16.1. The predicted molar refractivity (Wildman–Crippen MR) is 89.7 cm³/mol. The molecule has 0 bridgehead atoms. The summed E-state index contributed by atoms with van der Waals surface area (Å²) in [4.78, 5) is 2.17. The number of nitrogens with one attached hydrogen (secondary N) is 1. The first-order chi connectivity index (χ1) is 11.2. The molecule has 3 rings (SSSR count). The molecule has 1 heterocycles. The molecule has 0 aromatic heterocycles. The van der Waals surface area contributed by atoms with Crippen LogP contribution in [0.1, 0.15) is 18.0 Å². The molecule has 1 N–H and O–H groups in total. The Morgan fingerprint density at radius 1 is 0.870 bits per heavy atom. The lowest BCUT2D eigenvalue weighted by Gasteiger charge is -2.35. The highest BCUT2D eigenvalue weighted by Crippen LogP contribution is 2.29. The van der Waals surface area contributed by atoms with Crippen LogP contribution in [0.5, 0.6) is 0 Å². The quantitative estimate of drug-likeness (QED) is 0.898. The fourth-order valence-electron chi connectivity index (χ4n) is 3.19. The molecule has 1 fully saturated rings. The fourth-order valence-corrected chi connectivity index (χ4v) is 3.19. The minimum Gasteiger partial charge on any atom is -0.314 e. The van der Waals surface area contributed by atoms with Gasteiger partial charge in [0.2, 0.25) is 6.43 Å². The topological polar surface area (TPSA) is 15.3 Å². The zero-order valence-electron chi connectivity index (χ0n) is 13.1. The van der Waals surface area contributed by atoms with Crippen LogP contribution in [0.2, 0.25) is 0 Å². The van der Waals surface area contributed by atoms with E-state index in [2.05, 4.69) is 22.3 Å². The van der Waals surface area contributed by atoms with Gasteiger partial charge in [-0.15, -0.1) is 0 Å². The molecule has 4 heteroatoms. The zero-order valence-corrected chi connectivity index (χ0v) is 13.1. The second-order valence-corrected chi connectivity index (χ2v) is 5.92. The van der Waals surface area contributed by atoms with E-state index in [0.29, 0.717) is 0 Å². The second-order valence-electron chi connectivity index (χ2n) is 5.92. The lowest BCUT2D eigenvalue weighted by Crippen LogP contribution is -2.45. The van der Waals surface area contributed by atoms with Crippen LogP contribution in [0.15, 0.2) is 54.6 Å². The summed E-state index contributed by atoms with van der Waals surface area (Å²) >= 11 is 0. The fraction of sp³-hybridized carbons (Fsp3) is 0.368. The molecule has 0 unspecified atom stereocenters. The molecule has 0 spiro atoms. The van der Waals surface area contributed by atoms with E-state index < -0.39 is 6.43 Å². The van der Waals surface area contributed by atoms with Crippen LogP contribution in [-0.2, 0) is 0 Å². The molecule has 23 heavy (non-hydrogen) atoms. The molecule has 1 aliphatic heterocycles.